The summed E-state index contributed by atoms with van der Waals surface area (Å²) in [6, 6.07) is 5.47. The van der Waals surface area contributed by atoms with Crippen LogP contribution in [0.3, 0.4) is 0 Å². The summed E-state index contributed by atoms with van der Waals surface area (Å²) in [4.78, 5) is 16.5. The lowest BCUT2D eigenvalue weighted by Gasteiger charge is -2.20. The largest absolute Gasteiger partial charge is 0.435 e. The lowest BCUT2D eigenvalue weighted by atomic mass is 10.1. The Morgan fingerprint density at radius 1 is 0.865 bits per heavy atom. The first kappa shape index (κ1) is 29.3. The summed E-state index contributed by atoms with van der Waals surface area (Å²) in [6.07, 6.45) is -15.8. The van der Waals surface area contributed by atoms with Gasteiger partial charge in [0.2, 0.25) is 5.95 Å². The lowest BCUT2D eigenvalue weighted by Crippen LogP contribution is -2.28. The molecule has 0 aliphatic heterocycles. The standard InChI is InChI=1S/C20H9Cl3F9N3OS/c21-13-14(20(30,31)32)34-17(35(15(13)36)9-2-4-10(5-3-9)37-16(22)23)33-12-6-1-8(18(24,25)26)7-11(12)19(27,28)29/h1-7,16H,(H,33,34). The van der Waals surface area contributed by atoms with Crippen LogP contribution >= 0.6 is 46.6 Å². The Hall–Kier alpha value is -2.29. The maximum absolute atomic E-state index is 13.6. The highest BCUT2D eigenvalue weighted by Crippen LogP contribution is 2.41. The van der Waals surface area contributed by atoms with Crippen molar-refractivity contribution in [1.82, 2.24) is 9.55 Å². The fraction of sp³-hybridized carbons (Fsp3) is 0.200. The number of nitrogens with zero attached hydrogens (tertiary/aromatic N) is 2. The van der Waals surface area contributed by atoms with Gasteiger partial charge in [0, 0.05) is 4.90 Å². The van der Waals surface area contributed by atoms with E-state index in [1.54, 1.807) is 0 Å². The Kier molecular flexibility index (Phi) is 8.28. The number of benzene rings is 2. The van der Waals surface area contributed by atoms with E-state index >= 15 is 0 Å². The minimum atomic E-state index is -5.37. The van der Waals surface area contributed by atoms with Crippen molar-refractivity contribution in [2.45, 2.75) is 27.6 Å². The van der Waals surface area contributed by atoms with E-state index in [1.807, 2.05) is 5.32 Å². The van der Waals surface area contributed by atoms with Gasteiger partial charge in [0.1, 0.15) is 5.02 Å². The van der Waals surface area contributed by atoms with Crippen LogP contribution in [0.1, 0.15) is 16.8 Å². The summed E-state index contributed by atoms with van der Waals surface area (Å²) in [6.45, 7) is 0. The van der Waals surface area contributed by atoms with E-state index in [0.29, 0.717) is 15.5 Å². The van der Waals surface area contributed by atoms with E-state index in [2.05, 4.69) is 4.98 Å². The van der Waals surface area contributed by atoms with Crippen molar-refractivity contribution >= 4 is 58.2 Å². The highest BCUT2D eigenvalue weighted by atomic mass is 35.5. The zero-order chi connectivity index (χ0) is 27.9. The average Bonchev–Trinajstić information content (AvgIpc) is 2.74. The van der Waals surface area contributed by atoms with Crippen molar-refractivity contribution < 1.29 is 39.5 Å². The van der Waals surface area contributed by atoms with Crippen molar-refractivity contribution in [3.63, 3.8) is 0 Å². The van der Waals surface area contributed by atoms with Gasteiger partial charge in [-0.05, 0) is 42.5 Å². The van der Waals surface area contributed by atoms with Gasteiger partial charge in [0.05, 0.1) is 22.5 Å². The molecule has 0 atom stereocenters. The molecule has 200 valence electrons. The number of anilines is 2. The zero-order valence-corrected chi connectivity index (χ0v) is 20.4. The predicted molar refractivity (Wildman–Crippen MR) is 121 cm³/mol. The van der Waals surface area contributed by atoms with E-state index in [0.717, 1.165) is 11.8 Å². The van der Waals surface area contributed by atoms with Crippen LogP contribution in [0.15, 0.2) is 52.2 Å². The third kappa shape index (κ3) is 6.78. The molecule has 1 heterocycles. The number of hydrogen-bond acceptors (Lipinski definition) is 4. The molecule has 0 radical (unpaired) electrons. The third-order valence-electron chi connectivity index (χ3n) is 4.52. The Balaban J connectivity index is 2.26. The van der Waals surface area contributed by atoms with Crippen LogP contribution in [0.25, 0.3) is 5.69 Å². The molecule has 0 bridgehead atoms. The SMILES string of the molecule is O=c1c(Cl)c(C(F)(F)F)nc(Nc2ccc(C(F)(F)F)cc2C(F)(F)F)n1-c1ccc(SC(Cl)Cl)cc1. The summed E-state index contributed by atoms with van der Waals surface area (Å²) in [5.41, 5.74) is -8.25. The molecular formula is C20H9Cl3F9N3OS. The van der Waals surface area contributed by atoms with Crippen molar-refractivity contribution in [1.29, 1.82) is 0 Å². The topological polar surface area (TPSA) is 46.9 Å². The summed E-state index contributed by atoms with van der Waals surface area (Å²) in [5, 5.41) is 0.523. The van der Waals surface area contributed by atoms with Crippen molar-refractivity contribution in [2.75, 3.05) is 5.32 Å². The quantitative estimate of drug-likeness (QED) is 0.177. The Labute approximate surface area is 220 Å². The van der Waals surface area contributed by atoms with Crippen LogP contribution in [0.2, 0.25) is 5.02 Å². The van der Waals surface area contributed by atoms with Gasteiger partial charge in [-0.15, -0.1) is 0 Å². The molecule has 0 saturated carbocycles. The molecule has 0 fully saturated rings. The second-order valence-corrected chi connectivity index (χ2v) is 10.2. The molecule has 1 aromatic heterocycles. The van der Waals surface area contributed by atoms with Crippen LogP contribution < -0.4 is 10.9 Å². The Morgan fingerprint density at radius 3 is 1.95 bits per heavy atom. The molecule has 1 N–H and O–H groups in total. The Morgan fingerprint density at radius 2 is 1.46 bits per heavy atom. The molecule has 0 aliphatic carbocycles. The van der Waals surface area contributed by atoms with Crippen LogP contribution in [0, 0.1) is 0 Å². The first-order valence-corrected chi connectivity index (χ1v) is 11.5. The number of thioether (sulfide) groups is 1. The maximum Gasteiger partial charge on any atom is 0.435 e. The minimum absolute atomic E-state index is 0.193. The molecule has 3 aromatic rings. The second-order valence-electron chi connectivity index (χ2n) is 6.99. The molecule has 4 nitrogen and oxygen atoms in total. The third-order valence-corrected chi connectivity index (χ3v) is 6.11. The van der Waals surface area contributed by atoms with Crippen LogP contribution in [-0.2, 0) is 18.5 Å². The number of rotatable bonds is 5. The first-order valence-electron chi connectivity index (χ1n) is 9.40. The number of halogens is 12. The summed E-state index contributed by atoms with van der Waals surface area (Å²) < 4.78 is 120. The van der Waals surface area contributed by atoms with E-state index in [1.165, 1.54) is 24.3 Å². The van der Waals surface area contributed by atoms with Crippen LogP contribution in [0.4, 0.5) is 51.1 Å². The molecule has 0 aliphatic rings. The Bertz CT molecular complexity index is 1360. The van der Waals surface area contributed by atoms with Gasteiger partial charge in [0.15, 0.2) is 9.86 Å². The lowest BCUT2D eigenvalue weighted by molar-refractivity contribution is -0.143. The fourth-order valence-corrected chi connectivity index (χ4v) is 4.32. The van der Waals surface area contributed by atoms with Gasteiger partial charge in [-0.1, -0.05) is 46.6 Å². The number of aromatic nitrogens is 2. The molecule has 0 unspecified atom stereocenters. The predicted octanol–water partition coefficient (Wildman–Crippen LogP) is 8.54. The monoisotopic (exact) mass is 615 g/mol. The minimum Gasteiger partial charge on any atom is -0.325 e. The van der Waals surface area contributed by atoms with Gasteiger partial charge in [0.25, 0.3) is 5.56 Å². The van der Waals surface area contributed by atoms with E-state index < -0.39 is 61.7 Å². The van der Waals surface area contributed by atoms with Crippen molar-refractivity contribution in [3.05, 3.63) is 74.7 Å². The number of nitrogens with one attached hydrogen (secondary N) is 1. The molecule has 3 rings (SSSR count). The van der Waals surface area contributed by atoms with Gasteiger partial charge in [-0.25, -0.2) is 9.55 Å². The van der Waals surface area contributed by atoms with Crippen LogP contribution in [-0.4, -0.2) is 13.7 Å². The van der Waals surface area contributed by atoms with E-state index in [-0.39, 0.29) is 17.8 Å². The van der Waals surface area contributed by atoms with Gasteiger partial charge < -0.3 is 5.32 Å². The molecule has 0 saturated heterocycles. The normalized spacial score (nSPS) is 12.8. The van der Waals surface area contributed by atoms with Crippen molar-refractivity contribution in [3.8, 4) is 5.69 Å². The second kappa shape index (κ2) is 10.5. The fourth-order valence-electron chi connectivity index (χ4n) is 2.97. The zero-order valence-electron chi connectivity index (χ0n) is 17.4. The number of alkyl halides is 11. The molecule has 2 aromatic carbocycles. The average molecular weight is 617 g/mol. The summed E-state index contributed by atoms with van der Waals surface area (Å²) in [5.74, 6) is -1.10. The highest BCUT2D eigenvalue weighted by Gasteiger charge is 2.40. The molecule has 0 amide bonds. The highest BCUT2D eigenvalue weighted by molar-refractivity contribution is 8.02. The van der Waals surface area contributed by atoms with Gasteiger partial charge in [-0.3, -0.25) is 4.79 Å². The molecule has 37 heavy (non-hydrogen) atoms. The summed E-state index contributed by atoms with van der Waals surface area (Å²) >= 11 is 17.8. The van der Waals surface area contributed by atoms with Gasteiger partial charge in [-0.2, -0.15) is 39.5 Å². The number of hydrogen-bond donors (Lipinski definition) is 1. The van der Waals surface area contributed by atoms with Crippen molar-refractivity contribution in [2.24, 2.45) is 0 Å². The first-order chi connectivity index (χ1) is 16.9. The summed E-state index contributed by atoms with van der Waals surface area (Å²) in [7, 11) is 0. The molecular weight excluding hydrogens is 608 g/mol. The van der Waals surface area contributed by atoms with E-state index in [4.69, 9.17) is 34.8 Å². The smallest absolute Gasteiger partial charge is 0.325 e. The molecule has 0 spiro atoms. The maximum atomic E-state index is 13.6. The molecule has 17 heteroatoms. The van der Waals surface area contributed by atoms with Crippen LogP contribution in [0.5, 0.6) is 0 Å². The van der Waals surface area contributed by atoms with Gasteiger partial charge >= 0.3 is 18.5 Å². The van der Waals surface area contributed by atoms with E-state index in [9.17, 15) is 44.3 Å².